The second-order valence-electron chi connectivity index (χ2n) is 2.72. The Bertz CT molecular complexity index is 363. The largest absolute Gasteiger partial charge is 0.352 e. The second-order valence-corrected chi connectivity index (χ2v) is 2.72. The first-order valence-electron chi connectivity index (χ1n) is 4.22. The van der Waals surface area contributed by atoms with Crippen LogP contribution in [-0.2, 0) is 0 Å². The summed E-state index contributed by atoms with van der Waals surface area (Å²) >= 11 is 0. The van der Waals surface area contributed by atoms with Gasteiger partial charge in [-0.05, 0) is 25.1 Å². The average molecular weight is 195 g/mol. The number of carbonyl (C=O) groups is 2. The third-order valence-electron chi connectivity index (χ3n) is 1.71. The van der Waals surface area contributed by atoms with Crippen LogP contribution in [-0.4, -0.2) is 18.7 Å². The van der Waals surface area contributed by atoms with Gasteiger partial charge in [-0.15, -0.1) is 0 Å². The average Bonchev–Trinajstić information content (AvgIpc) is 2.19. The summed E-state index contributed by atoms with van der Waals surface area (Å²) in [6, 6.07) is 3.66. The van der Waals surface area contributed by atoms with Crippen LogP contribution >= 0.6 is 0 Å². The van der Waals surface area contributed by atoms with E-state index in [2.05, 4.69) is 5.32 Å². The molecule has 0 fully saturated rings. The molecule has 0 heterocycles. The topological polar surface area (TPSA) is 46.2 Å². The number of hydrogen-bond acceptors (Lipinski definition) is 2. The maximum Gasteiger partial charge on any atom is 0.254 e. The lowest BCUT2D eigenvalue weighted by atomic mass is 10.1. The molecule has 4 heteroatoms. The van der Waals surface area contributed by atoms with Gasteiger partial charge in [0.05, 0.1) is 5.56 Å². The van der Waals surface area contributed by atoms with Gasteiger partial charge in [0.2, 0.25) is 0 Å². The van der Waals surface area contributed by atoms with E-state index in [1.807, 2.05) is 0 Å². The zero-order valence-corrected chi connectivity index (χ0v) is 7.71. The molecule has 0 atom stereocenters. The first kappa shape index (κ1) is 10.4. The summed E-state index contributed by atoms with van der Waals surface area (Å²) in [5.41, 5.74) is 0.184. The molecule has 14 heavy (non-hydrogen) atoms. The summed E-state index contributed by atoms with van der Waals surface area (Å²) in [4.78, 5) is 21.7. The number of halogens is 1. The van der Waals surface area contributed by atoms with Gasteiger partial charge in [0.25, 0.3) is 5.91 Å². The Morgan fingerprint density at radius 2 is 2.29 bits per heavy atom. The Morgan fingerprint density at radius 1 is 1.57 bits per heavy atom. The van der Waals surface area contributed by atoms with E-state index in [-0.39, 0.29) is 11.1 Å². The van der Waals surface area contributed by atoms with Gasteiger partial charge in [0.15, 0.2) is 0 Å². The second kappa shape index (κ2) is 4.50. The lowest BCUT2D eigenvalue weighted by molar-refractivity contribution is 0.0952. The molecule has 3 nitrogen and oxygen atoms in total. The third kappa shape index (κ3) is 2.16. The Labute approximate surface area is 80.9 Å². The normalized spacial score (nSPS) is 9.57. The number of nitrogens with one attached hydrogen (secondary N) is 1. The van der Waals surface area contributed by atoms with Crippen LogP contribution in [0.4, 0.5) is 4.39 Å². The molecule has 0 spiro atoms. The quantitative estimate of drug-likeness (QED) is 0.741. The fourth-order valence-electron chi connectivity index (χ4n) is 1.05. The lowest BCUT2D eigenvalue weighted by Crippen LogP contribution is -2.23. The SMILES string of the molecule is CCNC(=O)c1cc(C=O)ccc1F. The first-order valence-corrected chi connectivity index (χ1v) is 4.22. The van der Waals surface area contributed by atoms with E-state index in [1.54, 1.807) is 6.92 Å². The highest BCUT2D eigenvalue weighted by Crippen LogP contribution is 2.09. The van der Waals surface area contributed by atoms with E-state index in [0.717, 1.165) is 6.07 Å². The van der Waals surface area contributed by atoms with Crippen LogP contribution in [0.5, 0.6) is 0 Å². The molecule has 0 aliphatic carbocycles. The molecule has 74 valence electrons. The van der Waals surface area contributed by atoms with E-state index < -0.39 is 11.7 Å². The molecule has 1 amide bonds. The Hall–Kier alpha value is -1.71. The van der Waals surface area contributed by atoms with Crippen molar-refractivity contribution in [2.75, 3.05) is 6.54 Å². The van der Waals surface area contributed by atoms with Crippen LogP contribution in [0.2, 0.25) is 0 Å². The molecule has 0 aliphatic heterocycles. The Morgan fingerprint density at radius 3 is 2.86 bits per heavy atom. The van der Waals surface area contributed by atoms with Gasteiger partial charge >= 0.3 is 0 Å². The molecule has 0 radical (unpaired) electrons. The summed E-state index contributed by atoms with van der Waals surface area (Å²) in [5, 5.41) is 2.46. The van der Waals surface area contributed by atoms with Crippen molar-refractivity contribution in [2.45, 2.75) is 6.92 Å². The zero-order chi connectivity index (χ0) is 10.6. The van der Waals surface area contributed by atoms with Crippen LogP contribution in [0, 0.1) is 5.82 Å². The highest BCUT2D eigenvalue weighted by molar-refractivity contribution is 5.95. The highest BCUT2D eigenvalue weighted by atomic mass is 19.1. The number of benzene rings is 1. The molecular weight excluding hydrogens is 185 g/mol. The number of hydrogen-bond donors (Lipinski definition) is 1. The van der Waals surface area contributed by atoms with Crippen LogP contribution in [0.25, 0.3) is 0 Å². The minimum Gasteiger partial charge on any atom is -0.352 e. The van der Waals surface area contributed by atoms with E-state index in [9.17, 15) is 14.0 Å². The summed E-state index contributed by atoms with van der Waals surface area (Å²) in [6.07, 6.45) is 0.572. The molecule has 1 aromatic carbocycles. The van der Waals surface area contributed by atoms with Crippen molar-refractivity contribution in [1.82, 2.24) is 5.32 Å². The molecule has 1 N–H and O–H groups in total. The number of rotatable bonds is 3. The number of carbonyl (C=O) groups excluding carboxylic acids is 2. The van der Waals surface area contributed by atoms with E-state index in [1.165, 1.54) is 12.1 Å². The van der Waals surface area contributed by atoms with Gasteiger partial charge < -0.3 is 5.32 Å². The minimum absolute atomic E-state index is 0.101. The highest BCUT2D eigenvalue weighted by Gasteiger charge is 2.10. The molecule has 1 rings (SSSR count). The van der Waals surface area contributed by atoms with E-state index in [0.29, 0.717) is 12.8 Å². The summed E-state index contributed by atoms with van der Waals surface area (Å²) in [5.74, 6) is -1.13. The van der Waals surface area contributed by atoms with Gasteiger partial charge in [-0.2, -0.15) is 0 Å². The van der Waals surface area contributed by atoms with Crippen molar-refractivity contribution in [2.24, 2.45) is 0 Å². The van der Waals surface area contributed by atoms with E-state index in [4.69, 9.17) is 0 Å². The maximum absolute atomic E-state index is 13.1. The number of amides is 1. The summed E-state index contributed by atoms with van der Waals surface area (Å²) in [6.45, 7) is 2.16. The maximum atomic E-state index is 13.1. The van der Waals surface area contributed by atoms with Crippen LogP contribution in [0.1, 0.15) is 27.6 Å². The predicted octanol–water partition coefficient (Wildman–Crippen LogP) is 1.39. The van der Waals surface area contributed by atoms with Crippen molar-refractivity contribution in [3.05, 3.63) is 35.1 Å². The van der Waals surface area contributed by atoms with Crippen molar-refractivity contribution in [3.63, 3.8) is 0 Å². The monoisotopic (exact) mass is 195 g/mol. The lowest BCUT2D eigenvalue weighted by Gasteiger charge is -2.03. The summed E-state index contributed by atoms with van der Waals surface area (Å²) in [7, 11) is 0. The molecule has 1 aromatic rings. The van der Waals surface area contributed by atoms with Crippen LogP contribution in [0.3, 0.4) is 0 Å². The van der Waals surface area contributed by atoms with Gasteiger partial charge in [0.1, 0.15) is 12.1 Å². The first-order chi connectivity index (χ1) is 6.69. The smallest absolute Gasteiger partial charge is 0.254 e. The van der Waals surface area contributed by atoms with Crippen molar-refractivity contribution in [1.29, 1.82) is 0 Å². The van der Waals surface area contributed by atoms with Gasteiger partial charge in [-0.25, -0.2) is 4.39 Å². The Kier molecular flexibility index (Phi) is 3.34. The minimum atomic E-state index is -0.624. The van der Waals surface area contributed by atoms with Gasteiger partial charge in [-0.3, -0.25) is 9.59 Å². The molecule has 0 aliphatic rings. The van der Waals surface area contributed by atoms with Gasteiger partial charge in [0, 0.05) is 12.1 Å². The fraction of sp³-hybridized carbons (Fsp3) is 0.200. The molecule has 0 aromatic heterocycles. The van der Waals surface area contributed by atoms with Crippen LogP contribution < -0.4 is 5.32 Å². The van der Waals surface area contributed by atoms with Crippen molar-refractivity contribution >= 4 is 12.2 Å². The van der Waals surface area contributed by atoms with Crippen molar-refractivity contribution in [3.8, 4) is 0 Å². The Balaban J connectivity index is 3.05. The predicted molar refractivity (Wildman–Crippen MR) is 49.8 cm³/mol. The molecule has 0 saturated carbocycles. The standard InChI is InChI=1S/C10H10FNO2/c1-2-12-10(14)8-5-7(6-13)3-4-9(8)11/h3-6H,2H2,1H3,(H,12,14). The zero-order valence-electron chi connectivity index (χ0n) is 7.71. The molecule has 0 bridgehead atoms. The van der Waals surface area contributed by atoms with E-state index >= 15 is 0 Å². The molecular formula is C10H10FNO2. The third-order valence-corrected chi connectivity index (χ3v) is 1.71. The summed E-state index contributed by atoms with van der Waals surface area (Å²) < 4.78 is 13.1. The van der Waals surface area contributed by atoms with Crippen molar-refractivity contribution < 1.29 is 14.0 Å². The van der Waals surface area contributed by atoms with Crippen LogP contribution in [0.15, 0.2) is 18.2 Å². The number of aldehydes is 1. The molecule has 0 saturated heterocycles. The van der Waals surface area contributed by atoms with Gasteiger partial charge in [-0.1, -0.05) is 0 Å². The fourth-order valence-corrected chi connectivity index (χ4v) is 1.05. The molecule has 0 unspecified atom stereocenters.